The third-order valence-corrected chi connectivity index (χ3v) is 5.16. The number of carbonyl (C=O) groups is 1. The summed E-state index contributed by atoms with van der Waals surface area (Å²) in [6, 6.07) is 9.34. The Morgan fingerprint density at radius 2 is 2.04 bits per heavy atom. The predicted octanol–water partition coefficient (Wildman–Crippen LogP) is 1.23. The van der Waals surface area contributed by atoms with Gasteiger partial charge in [-0.3, -0.25) is 9.69 Å². The third kappa shape index (κ3) is 3.65. The van der Waals surface area contributed by atoms with Crippen LogP contribution in [0.3, 0.4) is 0 Å². The molecule has 1 N–H and O–H groups in total. The van der Waals surface area contributed by atoms with Gasteiger partial charge in [0, 0.05) is 19.0 Å². The lowest BCUT2D eigenvalue weighted by molar-refractivity contribution is -0.149. The van der Waals surface area contributed by atoms with Crippen molar-refractivity contribution in [1.82, 2.24) is 9.80 Å². The number of likely N-dealkylation sites (tertiary alicyclic amines) is 1. The van der Waals surface area contributed by atoms with Crippen LogP contribution in [0.25, 0.3) is 6.08 Å². The van der Waals surface area contributed by atoms with Crippen molar-refractivity contribution < 1.29 is 14.6 Å². The Kier molecular flexibility index (Phi) is 6.04. The van der Waals surface area contributed by atoms with Crippen molar-refractivity contribution in [2.75, 3.05) is 39.5 Å². The van der Waals surface area contributed by atoms with Crippen molar-refractivity contribution in [1.29, 1.82) is 5.26 Å². The number of allylic oxidation sites excluding steroid dienone is 1. The Morgan fingerprint density at radius 1 is 1.35 bits per heavy atom. The fraction of sp³-hybridized carbons (Fsp3) is 0.500. The van der Waals surface area contributed by atoms with Gasteiger partial charge in [-0.15, -0.1) is 0 Å². The minimum absolute atomic E-state index is 0.0979. The first-order chi connectivity index (χ1) is 12.7. The maximum atomic E-state index is 12.7. The number of nitriles is 1. The Hall–Kier alpha value is -2.20. The van der Waals surface area contributed by atoms with Crippen molar-refractivity contribution in [3.8, 4) is 6.07 Å². The van der Waals surface area contributed by atoms with Crippen molar-refractivity contribution in [3.05, 3.63) is 41.5 Å². The second-order valence-electron chi connectivity index (χ2n) is 6.71. The molecule has 0 radical (unpaired) electrons. The molecule has 6 heteroatoms. The van der Waals surface area contributed by atoms with Crippen LogP contribution < -0.4 is 0 Å². The molecular formula is C20H25N3O3. The van der Waals surface area contributed by atoms with Crippen LogP contribution in [0.1, 0.15) is 24.0 Å². The second-order valence-corrected chi connectivity index (χ2v) is 6.71. The summed E-state index contributed by atoms with van der Waals surface area (Å²) >= 11 is 0. The molecule has 2 aliphatic rings. The van der Waals surface area contributed by atoms with E-state index in [-0.39, 0.29) is 31.0 Å². The highest BCUT2D eigenvalue weighted by molar-refractivity contribution is 5.81. The largest absolute Gasteiger partial charge is 0.394 e. The van der Waals surface area contributed by atoms with Gasteiger partial charge < -0.3 is 14.7 Å². The predicted molar refractivity (Wildman–Crippen MR) is 98.3 cm³/mol. The number of aliphatic hydroxyl groups excluding tert-OH is 1. The highest BCUT2D eigenvalue weighted by Gasteiger charge is 2.51. The molecule has 1 amide bonds. The molecule has 1 aromatic rings. The number of aliphatic hydroxyl groups is 1. The molecule has 2 aliphatic heterocycles. The van der Waals surface area contributed by atoms with Crippen molar-refractivity contribution in [3.63, 3.8) is 0 Å². The lowest BCUT2D eigenvalue weighted by atomic mass is 9.75. The van der Waals surface area contributed by atoms with Crippen LogP contribution in [0.4, 0.5) is 0 Å². The van der Waals surface area contributed by atoms with Crippen LogP contribution in [0.2, 0.25) is 0 Å². The summed E-state index contributed by atoms with van der Waals surface area (Å²) in [6.07, 6.45) is 3.98. The number of carbonyl (C=O) groups excluding carboxylic acids is 1. The van der Waals surface area contributed by atoms with Crippen LogP contribution in [0.5, 0.6) is 0 Å². The van der Waals surface area contributed by atoms with Crippen LogP contribution in [-0.4, -0.2) is 72.4 Å². The van der Waals surface area contributed by atoms with Gasteiger partial charge in [-0.25, -0.2) is 0 Å². The number of morpholine rings is 1. The SMILES string of the molecule is CC=Cc1ccc([C@H]2[C@@H](C#N)N(C(=O)CN3CCOCC3)[C@H]2CO)cc1. The average Bonchev–Trinajstić information content (AvgIpc) is 2.64. The zero-order valence-electron chi connectivity index (χ0n) is 15.0. The first-order valence-corrected chi connectivity index (χ1v) is 9.04. The minimum Gasteiger partial charge on any atom is -0.394 e. The highest BCUT2D eigenvalue weighted by atomic mass is 16.5. The van der Waals surface area contributed by atoms with Crippen molar-refractivity contribution in [2.45, 2.75) is 24.9 Å². The first kappa shape index (κ1) is 18.6. The lowest BCUT2D eigenvalue weighted by Gasteiger charge is -2.52. The number of rotatable bonds is 5. The number of amides is 1. The number of nitrogens with zero attached hydrogens (tertiary/aromatic N) is 3. The van der Waals surface area contributed by atoms with Gasteiger partial charge in [-0.1, -0.05) is 36.4 Å². The fourth-order valence-electron chi connectivity index (χ4n) is 3.80. The number of benzene rings is 1. The highest BCUT2D eigenvalue weighted by Crippen LogP contribution is 2.40. The molecule has 0 saturated carbocycles. The number of hydrogen-bond donors (Lipinski definition) is 1. The third-order valence-electron chi connectivity index (χ3n) is 5.16. The fourth-order valence-corrected chi connectivity index (χ4v) is 3.80. The Bertz CT molecular complexity index is 689. The molecule has 0 unspecified atom stereocenters. The van der Waals surface area contributed by atoms with E-state index in [1.165, 1.54) is 0 Å². The monoisotopic (exact) mass is 355 g/mol. The smallest absolute Gasteiger partial charge is 0.238 e. The zero-order valence-corrected chi connectivity index (χ0v) is 15.0. The van der Waals surface area contributed by atoms with Crippen LogP contribution >= 0.6 is 0 Å². The molecule has 26 heavy (non-hydrogen) atoms. The maximum absolute atomic E-state index is 12.7. The molecule has 0 aliphatic carbocycles. The molecular weight excluding hydrogens is 330 g/mol. The van der Waals surface area contributed by atoms with Crippen LogP contribution in [-0.2, 0) is 9.53 Å². The molecule has 2 heterocycles. The van der Waals surface area contributed by atoms with E-state index in [9.17, 15) is 15.2 Å². The van der Waals surface area contributed by atoms with Crippen molar-refractivity contribution in [2.24, 2.45) is 0 Å². The molecule has 6 nitrogen and oxygen atoms in total. The van der Waals surface area contributed by atoms with E-state index in [1.54, 1.807) is 4.90 Å². The molecule has 0 aromatic heterocycles. The molecule has 2 saturated heterocycles. The quantitative estimate of drug-likeness (QED) is 0.860. The molecule has 3 atom stereocenters. The minimum atomic E-state index is -0.534. The van der Waals surface area contributed by atoms with Gasteiger partial charge in [-0.05, 0) is 18.1 Å². The molecule has 3 rings (SSSR count). The van der Waals surface area contributed by atoms with Gasteiger partial charge in [0.25, 0.3) is 0 Å². The van der Waals surface area contributed by atoms with Crippen LogP contribution in [0.15, 0.2) is 30.3 Å². The van der Waals surface area contributed by atoms with Gasteiger partial charge in [0.1, 0.15) is 6.04 Å². The number of hydrogen-bond acceptors (Lipinski definition) is 5. The Morgan fingerprint density at radius 3 is 2.62 bits per heavy atom. The van der Waals surface area contributed by atoms with Crippen molar-refractivity contribution >= 4 is 12.0 Å². The molecule has 0 bridgehead atoms. The lowest BCUT2D eigenvalue weighted by Crippen LogP contribution is -2.66. The summed E-state index contributed by atoms with van der Waals surface area (Å²) in [5.74, 6) is -0.252. The first-order valence-electron chi connectivity index (χ1n) is 9.04. The van der Waals surface area contributed by atoms with Gasteiger partial charge >= 0.3 is 0 Å². The van der Waals surface area contributed by atoms with Gasteiger partial charge in [0.05, 0.1) is 38.5 Å². The summed E-state index contributed by atoms with van der Waals surface area (Å²) in [5.41, 5.74) is 2.07. The Labute approximate surface area is 154 Å². The van der Waals surface area contributed by atoms with E-state index in [2.05, 4.69) is 6.07 Å². The van der Waals surface area contributed by atoms with E-state index >= 15 is 0 Å². The van der Waals surface area contributed by atoms with E-state index < -0.39 is 6.04 Å². The Balaban J connectivity index is 1.72. The van der Waals surface area contributed by atoms with Gasteiger partial charge in [0.15, 0.2) is 0 Å². The van der Waals surface area contributed by atoms with Crippen LogP contribution in [0, 0.1) is 11.3 Å². The summed E-state index contributed by atoms with van der Waals surface area (Å²) < 4.78 is 5.30. The van der Waals surface area contributed by atoms with Gasteiger partial charge in [-0.2, -0.15) is 5.26 Å². The normalized spacial score (nSPS) is 26.5. The second kappa shape index (κ2) is 8.45. The number of ether oxygens (including phenoxy) is 1. The topological polar surface area (TPSA) is 76.8 Å². The molecule has 2 fully saturated rings. The molecule has 1 aromatic carbocycles. The standard InChI is InChI=1S/C20H25N3O3/c1-2-3-15-4-6-16(7-5-15)20-17(12-21)23(18(20)14-24)19(25)13-22-8-10-26-11-9-22/h2-7,17-18,20,24H,8-11,13-14H2,1H3/t17-,18+,20+/m1/s1. The maximum Gasteiger partial charge on any atom is 0.238 e. The van der Waals surface area contributed by atoms with E-state index in [0.29, 0.717) is 13.2 Å². The summed E-state index contributed by atoms with van der Waals surface area (Å²) in [6.45, 7) is 4.77. The zero-order chi connectivity index (χ0) is 18.5. The molecule has 138 valence electrons. The summed E-state index contributed by atoms with van der Waals surface area (Å²) in [7, 11) is 0. The van der Waals surface area contributed by atoms with Gasteiger partial charge in [0.2, 0.25) is 5.91 Å². The average molecular weight is 355 g/mol. The molecule has 0 spiro atoms. The van der Waals surface area contributed by atoms with E-state index in [1.807, 2.05) is 48.2 Å². The van der Waals surface area contributed by atoms with E-state index in [4.69, 9.17) is 4.74 Å². The summed E-state index contributed by atoms with van der Waals surface area (Å²) in [5, 5.41) is 19.5. The summed E-state index contributed by atoms with van der Waals surface area (Å²) in [4.78, 5) is 16.3. The van der Waals surface area contributed by atoms with E-state index in [0.717, 1.165) is 24.2 Å².